The van der Waals surface area contributed by atoms with Crippen LogP contribution in [0.3, 0.4) is 0 Å². The molecule has 1 aliphatic rings. The van der Waals surface area contributed by atoms with Gasteiger partial charge in [-0.15, -0.1) is 0 Å². The molecule has 2 atom stereocenters. The summed E-state index contributed by atoms with van der Waals surface area (Å²) in [6.07, 6.45) is 2.01. The van der Waals surface area contributed by atoms with Crippen molar-refractivity contribution in [2.45, 2.75) is 38.3 Å². The van der Waals surface area contributed by atoms with Gasteiger partial charge in [0.05, 0.1) is 11.9 Å². The molecule has 0 saturated carbocycles. The molecule has 0 aromatic rings. The van der Waals surface area contributed by atoms with Crippen molar-refractivity contribution in [2.24, 2.45) is 0 Å². The van der Waals surface area contributed by atoms with Crippen molar-refractivity contribution in [1.29, 1.82) is 0 Å². The van der Waals surface area contributed by atoms with Crippen LogP contribution in [0.4, 0.5) is 0 Å². The molecule has 0 aromatic heterocycles. The van der Waals surface area contributed by atoms with Crippen LogP contribution in [-0.2, 0) is 10.0 Å². The second kappa shape index (κ2) is 5.95. The van der Waals surface area contributed by atoms with E-state index in [1.807, 2.05) is 0 Å². The first-order valence-corrected chi connectivity index (χ1v) is 7.38. The SMILES string of the molecule is CC(O)CCN(C)S(=O)(=O)CC1CCCN1. The Hall–Kier alpha value is -0.170. The zero-order valence-corrected chi connectivity index (χ0v) is 10.8. The minimum atomic E-state index is -3.18. The van der Waals surface area contributed by atoms with Crippen molar-refractivity contribution >= 4 is 10.0 Å². The number of sulfonamides is 1. The second-order valence-electron chi connectivity index (χ2n) is 4.53. The molecule has 0 amide bonds. The summed E-state index contributed by atoms with van der Waals surface area (Å²) in [4.78, 5) is 0. The van der Waals surface area contributed by atoms with Gasteiger partial charge in [-0.25, -0.2) is 12.7 Å². The summed E-state index contributed by atoms with van der Waals surface area (Å²) in [6, 6.07) is 0.0963. The quantitative estimate of drug-likeness (QED) is 0.683. The van der Waals surface area contributed by atoms with Gasteiger partial charge in [0.1, 0.15) is 0 Å². The average Bonchev–Trinajstić information content (AvgIpc) is 2.65. The van der Waals surface area contributed by atoms with Crippen molar-refractivity contribution in [3.05, 3.63) is 0 Å². The lowest BCUT2D eigenvalue weighted by molar-refractivity contribution is 0.177. The normalized spacial score (nSPS) is 23.9. The summed E-state index contributed by atoms with van der Waals surface area (Å²) in [7, 11) is -1.60. The Balaban J connectivity index is 2.42. The summed E-state index contributed by atoms with van der Waals surface area (Å²) in [5.41, 5.74) is 0. The van der Waals surface area contributed by atoms with Crippen molar-refractivity contribution in [3.63, 3.8) is 0 Å². The molecule has 1 aliphatic heterocycles. The third-order valence-electron chi connectivity index (χ3n) is 2.91. The van der Waals surface area contributed by atoms with Crippen LogP contribution in [0.1, 0.15) is 26.2 Å². The highest BCUT2D eigenvalue weighted by Crippen LogP contribution is 2.10. The van der Waals surface area contributed by atoms with Crippen LogP contribution < -0.4 is 5.32 Å². The van der Waals surface area contributed by atoms with E-state index < -0.39 is 16.1 Å². The molecular weight excluding hydrogens is 228 g/mol. The number of rotatable bonds is 6. The van der Waals surface area contributed by atoms with Gasteiger partial charge in [-0.3, -0.25) is 0 Å². The topological polar surface area (TPSA) is 69.6 Å². The zero-order chi connectivity index (χ0) is 12.2. The lowest BCUT2D eigenvalue weighted by Crippen LogP contribution is -2.38. The minimum absolute atomic E-state index is 0.0963. The third kappa shape index (κ3) is 4.37. The monoisotopic (exact) mass is 250 g/mol. The highest BCUT2D eigenvalue weighted by atomic mass is 32.2. The summed E-state index contributed by atoms with van der Waals surface area (Å²) < 4.78 is 25.2. The highest BCUT2D eigenvalue weighted by Gasteiger charge is 2.25. The Labute approximate surface area is 97.9 Å². The van der Waals surface area contributed by atoms with Crippen LogP contribution in [0.5, 0.6) is 0 Å². The fourth-order valence-corrected chi connectivity index (χ4v) is 3.22. The van der Waals surface area contributed by atoms with E-state index in [1.165, 1.54) is 4.31 Å². The van der Waals surface area contributed by atoms with Gasteiger partial charge in [0.15, 0.2) is 0 Å². The van der Waals surface area contributed by atoms with E-state index >= 15 is 0 Å². The van der Waals surface area contributed by atoms with E-state index in [4.69, 9.17) is 5.11 Å². The first kappa shape index (κ1) is 13.9. The van der Waals surface area contributed by atoms with E-state index in [0.717, 1.165) is 19.4 Å². The molecule has 1 heterocycles. The van der Waals surface area contributed by atoms with E-state index in [2.05, 4.69) is 5.32 Å². The molecule has 6 heteroatoms. The van der Waals surface area contributed by atoms with Gasteiger partial charge < -0.3 is 10.4 Å². The van der Waals surface area contributed by atoms with E-state index in [0.29, 0.717) is 13.0 Å². The largest absolute Gasteiger partial charge is 0.393 e. The molecule has 1 rings (SSSR count). The van der Waals surface area contributed by atoms with E-state index in [9.17, 15) is 8.42 Å². The number of nitrogens with one attached hydrogen (secondary N) is 1. The number of aliphatic hydroxyl groups excluding tert-OH is 1. The molecule has 0 bridgehead atoms. The Kier molecular flexibility index (Phi) is 5.17. The number of aliphatic hydroxyl groups is 1. The van der Waals surface area contributed by atoms with Crippen LogP contribution in [0.25, 0.3) is 0 Å². The number of hydrogen-bond acceptors (Lipinski definition) is 4. The zero-order valence-electron chi connectivity index (χ0n) is 10.0. The molecule has 1 fully saturated rings. The lowest BCUT2D eigenvalue weighted by atomic mass is 10.3. The molecule has 0 aromatic carbocycles. The fraction of sp³-hybridized carbons (Fsp3) is 1.00. The van der Waals surface area contributed by atoms with Crippen molar-refractivity contribution in [2.75, 3.05) is 25.9 Å². The Morgan fingerprint density at radius 2 is 2.25 bits per heavy atom. The molecule has 5 nitrogen and oxygen atoms in total. The fourth-order valence-electron chi connectivity index (χ4n) is 1.79. The molecule has 0 spiro atoms. The molecule has 0 radical (unpaired) electrons. The Bertz CT molecular complexity index is 297. The molecule has 2 N–H and O–H groups in total. The van der Waals surface area contributed by atoms with Gasteiger partial charge in [-0.05, 0) is 32.7 Å². The molecular formula is C10H22N2O3S. The van der Waals surface area contributed by atoms with Gasteiger partial charge in [-0.2, -0.15) is 0 Å². The lowest BCUT2D eigenvalue weighted by Gasteiger charge is -2.20. The summed E-state index contributed by atoms with van der Waals surface area (Å²) in [6.45, 7) is 2.96. The van der Waals surface area contributed by atoms with Crippen LogP contribution in [0.2, 0.25) is 0 Å². The molecule has 16 heavy (non-hydrogen) atoms. The van der Waals surface area contributed by atoms with Gasteiger partial charge in [0.25, 0.3) is 0 Å². The summed E-state index contributed by atoms with van der Waals surface area (Å²) in [5, 5.41) is 12.3. The van der Waals surface area contributed by atoms with Crippen LogP contribution in [0.15, 0.2) is 0 Å². The standard InChI is InChI=1S/C10H22N2O3S/c1-9(13)5-7-12(2)16(14,15)8-10-4-3-6-11-10/h9-11,13H,3-8H2,1-2H3. The van der Waals surface area contributed by atoms with E-state index in [-0.39, 0.29) is 11.8 Å². The van der Waals surface area contributed by atoms with Gasteiger partial charge >= 0.3 is 0 Å². The predicted octanol–water partition coefficient (Wildman–Crippen LogP) is -0.229. The van der Waals surface area contributed by atoms with Crippen LogP contribution in [0, 0.1) is 0 Å². The van der Waals surface area contributed by atoms with Gasteiger partial charge in [0, 0.05) is 19.6 Å². The van der Waals surface area contributed by atoms with Crippen molar-refractivity contribution in [1.82, 2.24) is 9.62 Å². The average molecular weight is 250 g/mol. The van der Waals surface area contributed by atoms with Crippen LogP contribution >= 0.6 is 0 Å². The summed E-state index contributed by atoms with van der Waals surface area (Å²) in [5.74, 6) is 0.170. The maximum absolute atomic E-state index is 11.9. The number of nitrogens with zero attached hydrogens (tertiary/aromatic N) is 1. The minimum Gasteiger partial charge on any atom is -0.393 e. The molecule has 96 valence electrons. The predicted molar refractivity (Wildman–Crippen MR) is 63.7 cm³/mol. The van der Waals surface area contributed by atoms with Crippen molar-refractivity contribution < 1.29 is 13.5 Å². The van der Waals surface area contributed by atoms with Crippen LogP contribution in [-0.4, -0.2) is 55.9 Å². The Morgan fingerprint density at radius 1 is 1.56 bits per heavy atom. The molecule has 2 unspecified atom stereocenters. The van der Waals surface area contributed by atoms with Gasteiger partial charge in [-0.1, -0.05) is 0 Å². The van der Waals surface area contributed by atoms with E-state index in [1.54, 1.807) is 14.0 Å². The number of hydrogen-bond donors (Lipinski definition) is 2. The Morgan fingerprint density at radius 3 is 2.75 bits per heavy atom. The first-order valence-electron chi connectivity index (χ1n) is 5.77. The summed E-state index contributed by atoms with van der Waals surface area (Å²) >= 11 is 0. The van der Waals surface area contributed by atoms with Gasteiger partial charge in [0.2, 0.25) is 10.0 Å². The maximum Gasteiger partial charge on any atom is 0.215 e. The first-order chi connectivity index (χ1) is 7.42. The van der Waals surface area contributed by atoms with Crippen molar-refractivity contribution in [3.8, 4) is 0 Å². The third-order valence-corrected chi connectivity index (χ3v) is 4.87. The smallest absolute Gasteiger partial charge is 0.215 e. The maximum atomic E-state index is 11.9. The molecule has 1 saturated heterocycles. The molecule has 0 aliphatic carbocycles. The highest BCUT2D eigenvalue weighted by molar-refractivity contribution is 7.89. The second-order valence-corrected chi connectivity index (χ2v) is 6.65.